The van der Waals surface area contributed by atoms with Crippen molar-refractivity contribution in [1.29, 1.82) is 0 Å². The predicted molar refractivity (Wildman–Crippen MR) is 69.5 cm³/mol. The first kappa shape index (κ1) is 12.4. The molecule has 94 valence electrons. The Labute approximate surface area is 106 Å². The van der Waals surface area contributed by atoms with Crippen LogP contribution >= 0.6 is 0 Å². The molecule has 0 saturated heterocycles. The molecule has 1 aromatic carbocycles. The number of benzene rings is 1. The van der Waals surface area contributed by atoms with E-state index in [1.807, 2.05) is 12.1 Å². The number of nitrogens with zero attached hydrogens (tertiary/aromatic N) is 1. The van der Waals surface area contributed by atoms with Gasteiger partial charge in [0, 0.05) is 5.56 Å². The van der Waals surface area contributed by atoms with E-state index in [1.165, 1.54) is 12.7 Å². The molecule has 1 N–H and O–H groups in total. The van der Waals surface area contributed by atoms with Crippen molar-refractivity contribution < 1.29 is 9.53 Å². The van der Waals surface area contributed by atoms with Crippen LogP contribution in [0.15, 0.2) is 30.3 Å². The molecule has 0 amide bonds. The second kappa shape index (κ2) is 5.04. The van der Waals surface area contributed by atoms with Gasteiger partial charge in [0.15, 0.2) is 0 Å². The third-order valence-electron chi connectivity index (χ3n) is 2.86. The molecule has 0 unspecified atom stereocenters. The van der Waals surface area contributed by atoms with Gasteiger partial charge in [0.25, 0.3) is 0 Å². The van der Waals surface area contributed by atoms with Crippen molar-refractivity contribution in [3.8, 4) is 11.3 Å². The molecule has 18 heavy (non-hydrogen) atoms. The summed E-state index contributed by atoms with van der Waals surface area (Å²) in [5.41, 5.74) is 3.36. The van der Waals surface area contributed by atoms with Crippen LogP contribution in [-0.2, 0) is 4.74 Å². The fourth-order valence-electron chi connectivity index (χ4n) is 1.72. The number of rotatable bonds is 3. The number of carbonyl (C=O) groups excluding carboxylic acids is 1. The first-order valence-electron chi connectivity index (χ1n) is 5.86. The van der Waals surface area contributed by atoms with E-state index in [0.717, 1.165) is 11.3 Å². The predicted octanol–water partition coefficient (Wildman–Crippen LogP) is 2.99. The summed E-state index contributed by atoms with van der Waals surface area (Å²) >= 11 is 0. The number of ether oxygens (including phenoxy) is 1. The van der Waals surface area contributed by atoms with Gasteiger partial charge in [-0.25, -0.2) is 4.79 Å². The average Bonchev–Trinajstić information content (AvgIpc) is 2.87. The summed E-state index contributed by atoms with van der Waals surface area (Å²) in [6.45, 7) is 4.30. The van der Waals surface area contributed by atoms with E-state index in [4.69, 9.17) is 0 Å². The standard InChI is InChI=1S/C14H16N2O2/c1-9(2)10-4-6-11(7-5-10)12-8-13(16-15-12)14(17)18-3/h4-9H,1-3H3,(H,15,16). The van der Waals surface area contributed by atoms with Crippen molar-refractivity contribution in [3.63, 3.8) is 0 Å². The van der Waals surface area contributed by atoms with Gasteiger partial charge in [0.2, 0.25) is 0 Å². The molecule has 2 rings (SSSR count). The third kappa shape index (κ3) is 2.42. The summed E-state index contributed by atoms with van der Waals surface area (Å²) in [7, 11) is 1.35. The van der Waals surface area contributed by atoms with Crippen molar-refractivity contribution in [2.45, 2.75) is 19.8 Å². The maximum Gasteiger partial charge on any atom is 0.356 e. The van der Waals surface area contributed by atoms with E-state index >= 15 is 0 Å². The largest absolute Gasteiger partial charge is 0.464 e. The summed E-state index contributed by atoms with van der Waals surface area (Å²) in [5.74, 6) is 0.0939. The van der Waals surface area contributed by atoms with E-state index in [9.17, 15) is 4.79 Å². The van der Waals surface area contributed by atoms with Crippen molar-refractivity contribution in [2.75, 3.05) is 7.11 Å². The van der Waals surface area contributed by atoms with Crippen LogP contribution in [0.25, 0.3) is 11.3 Å². The lowest BCUT2D eigenvalue weighted by molar-refractivity contribution is 0.0594. The van der Waals surface area contributed by atoms with Gasteiger partial charge in [-0.2, -0.15) is 5.10 Å². The zero-order valence-electron chi connectivity index (χ0n) is 10.7. The van der Waals surface area contributed by atoms with Crippen LogP contribution in [0.1, 0.15) is 35.8 Å². The molecular weight excluding hydrogens is 228 g/mol. The molecule has 0 radical (unpaired) electrons. The van der Waals surface area contributed by atoms with Crippen molar-refractivity contribution >= 4 is 5.97 Å². The first-order valence-corrected chi connectivity index (χ1v) is 5.86. The molecule has 0 aliphatic heterocycles. The highest BCUT2D eigenvalue weighted by Gasteiger charge is 2.10. The number of H-pyrrole nitrogens is 1. The van der Waals surface area contributed by atoms with E-state index in [1.54, 1.807) is 6.07 Å². The Kier molecular flexibility index (Phi) is 3.46. The maximum atomic E-state index is 11.3. The van der Waals surface area contributed by atoms with Gasteiger partial charge in [0.05, 0.1) is 12.8 Å². The molecule has 0 fully saturated rings. The Balaban J connectivity index is 2.26. The van der Waals surface area contributed by atoms with Crippen LogP contribution in [0.5, 0.6) is 0 Å². The smallest absolute Gasteiger partial charge is 0.356 e. The Morgan fingerprint density at radius 2 is 1.94 bits per heavy atom. The van der Waals surface area contributed by atoms with Crippen LogP contribution in [0.3, 0.4) is 0 Å². The Bertz CT molecular complexity index is 541. The number of methoxy groups -OCH3 is 1. The number of hydrogen-bond acceptors (Lipinski definition) is 3. The number of aromatic amines is 1. The van der Waals surface area contributed by atoms with E-state index in [-0.39, 0.29) is 0 Å². The maximum absolute atomic E-state index is 11.3. The minimum atomic E-state index is -0.410. The van der Waals surface area contributed by atoms with Gasteiger partial charge in [0.1, 0.15) is 5.69 Å². The van der Waals surface area contributed by atoms with Gasteiger partial charge in [-0.15, -0.1) is 0 Å². The lowest BCUT2D eigenvalue weighted by atomic mass is 10.0. The molecule has 0 bridgehead atoms. The fourth-order valence-corrected chi connectivity index (χ4v) is 1.72. The molecule has 0 spiro atoms. The van der Waals surface area contributed by atoms with Crippen molar-refractivity contribution in [1.82, 2.24) is 10.2 Å². The topological polar surface area (TPSA) is 55.0 Å². The second-order valence-corrected chi connectivity index (χ2v) is 4.44. The normalized spacial score (nSPS) is 10.7. The zero-order chi connectivity index (χ0) is 13.1. The number of nitrogens with one attached hydrogen (secondary N) is 1. The minimum Gasteiger partial charge on any atom is -0.464 e. The molecule has 0 aliphatic carbocycles. The highest BCUT2D eigenvalue weighted by atomic mass is 16.5. The summed E-state index contributed by atoms with van der Waals surface area (Å²) in [5, 5.41) is 6.77. The zero-order valence-corrected chi connectivity index (χ0v) is 10.7. The molecule has 0 atom stereocenters. The Morgan fingerprint density at radius 1 is 1.28 bits per heavy atom. The minimum absolute atomic E-state index is 0.362. The van der Waals surface area contributed by atoms with E-state index in [0.29, 0.717) is 11.6 Å². The van der Waals surface area contributed by atoms with E-state index < -0.39 is 5.97 Å². The number of esters is 1. The molecule has 0 aliphatic rings. The van der Waals surface area contributed by atoms with Gasteiger partial charge in [-0.1, -0.05) is 38.1 Å². The van der Waals surface area contributed by atoms with E-state index in [2.05, 4.69) is 40.9 Å². The summed E-state index contributed by atoms with van der Waals surface area (Å²) in [6.07, 6.45) is 0. The quantitative estimate of drug-likeness (QED) is 0.844. The highest BCUT2D eigenvalue weighted by molar-refractivity contribution is 5.88. The monoisotopic (exact) mass is 244 g/mol. The van der Waals surface area contributed by atoms with Crippen LogP contribution in [0.2, 0.25) is 0 Å². The Hall–Kier alpha value is -2.10. The van der Waals surface area contributed by atoms with Gasteiger partial charge >= 0.3 is 5.97 Å². The average molecular weight is 244 g/mol. The molecular formula is C14H16N2O2. The van der Waals surface area contributed by atoms with Crippen LogP contribution < -0.4 is 0 Å². The molecule has 1 heterocycles. The van der Waals surface area contributed by atoms with Gasteiger partial charge < -0.3 is 4.74 Å². The molecule has 4 nitrogen and oxygen atoms in total. The highest BCUT2D eigenvalue weighted by Crippen LogP contribution is 2.21. The van der Waals surface area contributed by atoms with Gasteiger partial charge in [-0.3, -0.25) is 5.10 Å². The molecule has 1 aromatic heterocycles. The van der Waals surface area contributed by atoms with Gasteiger partial charge in [-0.05, 0) is 17.5 Å². The molecule has 2 aromatic rings. The van der Waals surface area contributed by atoms with Crippen LogP contribution in [-0.4, -0.2) is 23.3 Å². The lowest BCUT2D eigenvalue weighted by Crippen LogP contribution is -2.00. The number of hydrogen-bond donors (Lipinski definition) is 1. The fraction of sp³-hybridized carbons (Fsp3) is 0.286. The number of aromatic nitrogens is 2. The summed E-state index contributed by atoms with van der Waals surface area (Å²) in [6, 6.07) is 9.86. The van der Waals surface area contributed by atoms with Crippen molar-refractivity contribution in [3.05, 3.63) is 41.6 Å². The summed E-state index contributed by atoms with van der Waals surface area (Å²) in [4.78, 5) is 11.3. The van der Waals surface area contributed by atoms with Crippen LogP contribution in [0.4, 0.5) is 0 Å². The SMILES string of the molecule is COC(=O)c1cc(-c2ccc(C(C)C)cc2)n[nH]1. The third-order valence-corrected chi connectivity index (χ3v) is 2.86. The molecule has 0 saturated carbocycles. The summed E-state index contributed by atoms with van der Waals surface area (Å²) < 4.78 is 4.63. The number of carbonyl (C=O) groups is 1. The molecule has 4 heteroatoms. The van der Waals surface area contributed by atoms with Crippen molar-refractivity contribution in [2.24, 2.45) is 0 Å². The second-order valence-electron chi connectivity index (χ2n) is 4.44. The van der Waals surface area contributed by atoms with Crippen LogP contribution in [0, 0.1) is 0 Å². The first-order chi connectivity index (χ1) is 8.61. The lowest BCUT2D eigenvalue weighted by Gasteiger charge is -2.05. The Morgan fingerprint density at radius 3 is 2.50 bits per heavy atom.